The van der Waals surface area contributed by atoms with E-state index in [1.54, 1.807) is 19.1 Å². The maximum atomic E-state index is 12.6. The van der Waals surface area contributed by atoms with Crippen LogP contribution in [0.5, 0.6) is 0 Å². The van der Waals surface area contributed by atoms with Gasteiger partial charge in [0.05, 0.1) is 4.92 Å². The van der Waals surface area contributed by atoms with Crippen LogP contribution >= 0.6 is 0 Å². The van der Waals surface area contributed by atoms with Crippen molar-refractivity contribution in [2.45, 2.75) is 19.4 Å². The van der Waals surface area contributed by atoms with Crippen LogP contribution in [-0.2, 0) is 0 Å². The van der Waals surface area contributed by atoms with Gasteiger partial charge in [-0.1, -0.05) is 0 Å². The van der Waals surface area contributed by atoms with Gasteiger partial charge in [-0.25, -0.2) is 0 Å². The zero-order valence-electron chi connectivity index (χ0n) is 13.3. The highest BCUT2D eigenvalue weighted by molar-refractivity contribution is 5.94. The summed E-state index contributed by atoms with van der Waals surface area (Å²) in [5.41, 5.74) is 1.11. The number of piperazine rings is 1. The number of rotatable bonds is 3. The van der Waals surface area contributed by atoms with Gasteiger partial charge in [-0.15, -0.1) is 0 Å². The second-order valence-electron chi connectivity index (χ2n) is 6.23. The van der Waals surface area contributed by atoms with Crippen molar-refractivity contribution < 1.29 is 9.72 Å². The van der Waals surface area contributed by atoms with E-state index in [0.717, 1.165) is 26.2 Å². The third kappa shape index (κ3) is 3.35. The lowest BCUT2D eigenvalue weighted by Gasteiger charge is -2.37. The van der Waals surface area contributed by atoms with Crippen molar-refractivity contribution in [2.75, 3.05) is 39.3 Å². The molecular formula is C16H22N4O3. The molecule has 23 heavy (non-hydrogen) atoms. The number of benzene rings is 1. The van der Waals surface area contributed by atoms with Crippen LogP contribution in [0.3, 0.4) is 0 Å². The molecule has 0 spiro atoms. The Labute approximate surface area is 135 Å². The molecule has 7 heteroatoms. The molecule has 0 aromatic heterocycles. The van der Waals surface area contributed by atoms with Crippen molar-refractivity contribution in [3.8, 4) is 0 Å². The number of aryl methyl sites for hydroxylation is 1. The first kappa shape index (κ1) is 15.9. The predicted octanol–water partition coefficient (Wildman–Crippen LogP) is 1.02. The van der Waals surface area contributed by atoms with Gasteiger partial charge < -0.3 is 10.2 Å². The number of hydrogen-bond acceptors (Lipinski definition) is 5. The van der Waals surface area contributed by atoms with E-state index in [9.17, 15) is 14.9 Å². The van der Waals surface area contributed by atoms with Gasteiger partial charge in [0.2, 0.25) is 0 Å². The van der Waals surface area contributed by atoms with Crippen molar-refractivity contribution >= 4 is 11.6 Å². The van der Waals surface area contributed by atoms with E-state index in [4.69, 9.17) is 0 Å². The quantitative estimate of drug-likeness (QED) is 0.665. The molecule has 1 unspecified atom stereocenters. The lowest BCUT2D eigenvalue weighted by atomic mass is 10.1. The normalized spacial score (nSPS) is 22.3. The van der Waals surface area contributed by atoms with E-state index < -0.39 is 4.92 Å². The number of hydrogen-bond donors (Lipinski definition) is 1. The SMILES string of the molecule is Cc1cc(C(=O)N2CCN(C3CCNC3)CC2)ccc1[N+](=O)[O-]. The highest BCUT2D eigenvalue weighted by Crippen LogP contribution is 2.20. The number of nitrogens with zero attached hydrogens (tertiary/aromatic N) is 3. The number of carbonyl (C=O) groups excluding carboxylic acids is 1. The zero-order chi connectivity index (χ0) is 16.4. The van der Waals surface area contributed by atoms with Gasteiger partial charge in [-0.05, 0) is 32.0 Å². The summed E-state index contributed by atoms with van der Waals surface area (Å²) in [5, 5.41) is 14.2. The van der Waals surface area contributed by atoms with Gasteiger partial charge in [-0.3, -0.25) is 19.8 Å². The summed E-state index contributed by atoms with van der Waals surface area (Å²) < 4.78 is 0. The first-order valence-corrected chi connectivity index (χ1v) is 8.05. The number of amides is 1. The van der Waals surface area contributed by atoms with E-state index in [0.29, 0.717) is 30.3 Å². The average molecular weight is 318 g/mol. The van der Waals surface area contributed by atoms with E-state index in [1.165, 1.54) is 12.5 Å². The van der Waals surface area contributed by atoms with Crippen LogP contribution in [0.15, 0.2) is 18.2 Å². The minimum atomic E-state index is -0.419. The average Bonchev–Trinajstić information content (AvgIpc) is 3.08. The third-order valence-corrected chi connectivity index (χ3v) is 4.79. The van der Waals surface area contributed by atoms with Gasteiger partial charge in [-0.2, -0.15) is 0 Å². The summed E-state index contributed by atoms with van der Waals surface area (Å²) in [4.78, 5) is 27.3. The fourth-order valence-electron chi connectivity index (χ4n) is 3.42. The molecule has 2 aliphatic heterocycles. The molecule has 124 valence electrons. The molecule has 1 aromatic carbocycles. The van der Waals surface area contributed by atoms with Crippen molar-refractivity contribution in [2.24, 2.45) is 0 Å². The molecule has 0 radical (unpaired) electrons. The third-order valence-electron chi connectivity index (χ3n) is 4.79. The molecule has 1 amide bonds. The monoisotopic (exact) mass is 318 g/mol. The molecule has 2 fully saturated rings. The van der Waals surface area contributed by atoms with Gasteiger partial charge in [0.25, 0.3) is 11.6 Å². The van der Waals surface area contributed by atoms with Crippen molar-refractivity contribution in [1.29, 1.82) is 0 Å². The Hall–Kier alpha value is -1.99. The largest absolute Gasteiger partial charge is 0.336 e. The Kier molecular flexibility index (Phi) is 4.58. The van der Waals surface area contributed by atoms with E-state index in [-0.39, 0.29) is 11.6 Å². The molecule has 3 rings (SSSR count). The van der Waals surface area contributed by atoms with Gasteiger partial charge in [0.1, 0.15) is 0 Å². The van der Waals surface area contributed by atoms with Crippen LogP contribution in [0.2, 0.25) is 0 Å². The van der Waals surface area contributed by atoms with Gasteiger partial charge in [0, 0.05) is 56.0 Å². The van der Waals surface area contributed by atoms with Crippen LogP contribution in [0.1, 0.15) is 22.3 Å². The Morgan fingerprint density at radius 3 is 2.61 bits per heavy atom. The molecule has 0 bridgehead atoms. The maximum absolute atomic E-state index is 12.6. The molecule has 1 atom stereocenters. The number of carbonyl (C=O) groups is 1. The fraction of sp³-hybridized carbons (Fsp3) is 0.562. The summed E-state index contributed by atoms with van der Waals surface area (Å²) in [6.07, 6.45) is 1.18. The summed E-state index contributed by atoms with van der Waals surface area (Å²) in [6.45, 7) is 6.99. The van der Waals surface area contributed by atoms with Crippen LogP contribution in [0.25, 0.3) is 0 Å². The van der Waals surface area contributed by atoms with E-state index in [1.807, 2.05) is 4.90 Å². The standard InChI is InChI=1S/C16H22N4O3/c1-12-10-13(2-3-15(12)20(22)23)16(21)19-8-6-18(7-9-19)14-4-5-17-11-14/h2-3,10,14,17H,4-9,11H2,1H3. The van der Waals surface area contributed by atoms with Crippen molar-refractivity contribution in [1.82, 2.24) is 15.1 Å². The summed E-state index contributed by atoms with van der Waals surface area (Å²) >= 11 is 0. The predicted molar refractivity (Wildman–Crippen MR) is 86.6 cm³/mol. The van der Waals surface area contributed by atoms with E-state index >= 15 is 0 Å². The molecule has 0 saturated carbocycles. The summed E-state index contributed by atoms with van der Waals surface area (Å²) in [7, 11) is 0. The Morgan fingerprint density at radius 1 is 1.30 bits per heavy atom. The molecule has 2 aliphatic rings. The highest BCUT2D eigenvalue weighted by atomic mass is 16.6. The Bertz CT molecular complexity index is 605. The van der Waals surface area contributed by atoms with Crippen molar-refractivity contribution in [3.05, 3.63) is 39.4 Å². The minimum Gasteiger partial charge on any atom is -0.336 e. The second kappa shape index (κ2) is 6.64. The lowest BCUT2D eigenvalue weighted by molar-refractivity contribution is -0.385. The number of nitro groups is 1. The molecule has 0 aliphatic carbocycles. The van der Waals surface area contributed by atoms with Gasteiger partial charge in [0.15, 0.2) is 0 Å². The summed E-state index contributed by atoms with van der Waals surface area (Å²) in [6, 6.07) is 5.19. The Balaban J connectivity index is 1.63. The molecule has 2 heterocycles. The van der Waals surface area contributed by atoms with E-state index in [2.05, 4.69) is 10.2 Å². The Morgan fingerprint density at radius 2 is 2.04 bits per heavy atom. The second-order valence-corrected chi connectivity index (χ2v) is 6.23. The van der Waals surface area contributed by atoms with Crippen LogP contribution in [-0.4, -0.2) is 65.9 Å². The molecule has 2 saturated heterocycles. The minimum absolute atomic E-state index is 0.0350. The first-order valence-electron chi connectivity index (χ1n) is 8.05. The maximum Gasteiger partial charge on any atom is 0.272 e. The first-order chi connectivity index (χ1) is 11.1. The van der Waals surface area contributed by atoms with Crippen molar-refractivity contribution in [3.63, 3.8) is 0 Å². The molecule has 1 aromatic rings. The molecule has 1 N–H and O–H groups in total. The highest BCUT2D eigenvalue weighted by Gasteiger charge is 2.28. The van der Waals surface area contributed by atoms with Crippen LogP contribution in [0.4, 0.5) is 5.69 Å². The smallest absolute Gasteiger partial charge is 0.272 e. The van der Waals surface area contributed by atoms with Crippen LogP contribution in [0, 0.1) is 17.0 Å². The zero-order valence-corrected chi connectivity index (χ0v) is 13.3. The number of nitro benzene ring substituents is 1. The lowest BCUT2D eigenvalue weighted by Crippen LogP contribution is -2.52. The molecular weight excluding hydrogens is 296 g/mol. The summed E-state index contributed by atoms with van der Waals surface area (Å²) in [5.74, 6) is -0.0350. The number of nitrogens with one attached hydrogen (secondary N) is 1. The topological polar surface area (TPSA) is 78.7 Å². The molecule has 7 nitrogen and oxygen atoms in total. The van der Waals surface area contributed by atoms with Crippen LogP contribution < -0.4 is 5.32 Å². The fourth-order valence-corrected chi connectivity index (χ4v) is 3.42. The van der Waals surface area contributed by atoms with Gasteiger partial charge >= 0.3 is 0 Å².